The predicted molar refractivity (Wildman–Crippen MR) is 71.9 cm³/mol. The van der Waals surface area contributed by atoms with Crippen molar-refractivity contribution in [2.45, 2.75) is 71.9 Å². The molecule has 0 radical (unpaired) electrons. The lowest BCUT2D eigenvalue weighted by Crippen LogP contribution is -2.46. The van der Waals surface area contributed by atoms with Gasteiger partial charge in [0.15, 0.2) is 0 Å². The molecule has 0 aliphatic heterocycles. The Morgan fingerprint density at radius 2 is 2.18 bits per heavy atom. The molecule has 100 valence electrons. The molecule has 1 amide bonds. The molecule has 3 nitrogen and oxygen atoms in total. The molecule has 2 atom stereocenters. The summed E-state index contributed by atoms with van der Waals surface area (Å²) in [4.78, 5) is 11.8. The second kappa shape index (κ2) is 6.39. The number of hydrogen-bond donors (Lipinski definition) is 2. The van der Waals surface area contributed by atoms with Crippen LogP contribution < -0.4 is 10.6 Å². The molecule has 3 heteroatoms. The smallest absolute Gasteiger partial charge is 0.236 e. The summed E-state index contributed by atoms with van der Waals surface area (Å²) in [5, 5.41) is 6.43. The van der Waals surface area contributed by atoms with E-state index in [2.05, 4.69) is 31.4 Å². The van der Waals surface area contributed by atoms with Gasteiger partial charge in [-0.2, -0.15) is 0 Å². The van der Waals surface area contributed by atoms with E-state index in [0.29, 0.717) is 11.5 Å². The molecule has 0 bridgehead atoms. The first-order valence-electron chi connectivity index (χ1n) is 6.98. The molecule has 0 aromatic heterocycles. The molecule has 2 unspecified atom stereocenters. The third-order valence-electron chi connectivity index (χ3n) is 3.68. The lowest BCUT2D eigenvalue weighted by atomic mass is 9.92. The molecular weight excluding hydrogens is 212 g/mol. The topological polar surface area (TPSA) is 41.1 Å². The third kappa shape index (κ3) is 5.07. The summed E-state index contributed by atoms with van der Waals surface area (Å²) in [7, 11) is 0. The van der Waals surface area contributed by atoms with Gasteiger partial charge in [0, 0.05) is 12.6 Å². The average molecular weight is 240 g/mol. The monoisotopic (exact) mass is 240 g/mol. The van der Waals surface area contributed by atoms with Crippen LogP contribution in [-0.2, 0) is 4.79 Å². The van der Waals surface area contributed by atoms with Crippen molar-refractivity contribution in [1.82, 2.24) is 10.6 Å². The van der Waals surface area contributed by atoms with Crippen LogP contribution in [-0.4, -0.2) is 24.5 Å². The molecule has 0 heterocycles. The van der Waals surface area contributed by atoms with Gasteiger partial charge in [-0.05, 0) is 38.0 Å². The minimum atomic E-state index is -0.0641. The van der Waals surface area contributed by atoms with Gasteiger partial charge in [0.1, 0.15) is 0 Å². The number of nitrogens with one attached hydrogen (secondary N) is 2. The Kier molecular flexibility index (Phi) is 5.44. The molecule has 0 aromatic carbocycles. The van der Waals surface area contributed by atoms with E-state index in [0.717, 1.165) is 19.4 Å². The lowest BCUT2D eigenvalue weighted by Gasteiger charge is -2.21. The van der Waals surface area contributed by atoms with Gasteiger partial charge in [0.2, 0.25) is 5.91 Å². The Bertz CT molecular complexity index is 251. The molecule has 1 saturated carbocycles. The first-order valence-corrected chi connectivity index (χ1v) is 6.98. The highest BCUT2D eigenvalue weighted by Gasteiger charge is 2.32. The van der Waals surface area contributed by atoms with Crippen LogP contribution in [0.25, 0.3) is 0 Å². The van der Waals surface area contributed by atoms with Crippen LogP contribution in [0.2, 0.25) is 0 Å². The summed E-state index contributed by atoms with van der Waals surface area (Å²) in [6, 6.07) is 0.447. The Morgan fingerprint density at radius 3 is 2.71 bits per heavy atom. The van der Waals surface area contributed by atoms with Crippen molar-refractivity contribution >= 4 is 5.91 Å². The number of hydrogen-bond acceptors (Lipinski definition) is 2. The molecule has 1 rings (SSSR count). The summed E-state index contributed by atoms with van der Waals surface area (Å²) < 4.78 is 0. The fourth-order valence-corrected chi connectivity index (χ4v) is 2.55. The predicted octanol–water partition coefficient (Wildman–Crippen LogP) is 2.46. The van der Waals surface area contributed by atoms with Crippen LogP contribution in [0.1, 0.15) is 59.8 Å². The maximum atomic E-state index is 11.8. The van der Waals surface area contributed by atoms with Gasteiger partial charge < -0.3 is 10.6 Å². The Morgan fingerprint density at radius 1 is 1.47 bits per heavy atom. The number of amides is 1. The van der Waals surface area contributed by atoms with E-state index in [1.54, 1.807) is 0 Å². The van der Waals surface area contributed by atoms with Crippen LogP contribution in [0.5, 0.6) is 0 Å². The van der Waals surface area contributed by atoms with Crippen molar-refractivity contribution in [2.24, 2.45) is 5.41 Å². The van der Waals surface area contributed by atoms with Crippen molar-refractivity contribution in [3.8, 4) is 0 Å². The summed E-state index contributed by atoms with van der Waals surface area (Å²) in [6.07, 6.45) is 5.82. The van der Waals surface area contributed by atoms with Crippen molar-refractivity contribution in [3.05, 3.63) is 0 Å². The maximum Gasteiger partial charge on any atom is 0.236 e. The fourth-order valence-electron chi connectivity index (χ4n) is 2.55. The minimum absolute atomic E-state index is 0.0641. The quantitative estimate of drug-likeness (QED) is 0.700. The van der Waals surface area contributed by atoms with E-state index >= 15 is 0 Å². The van der Waals surface area contributed by atoms with Gasteiger partial charge in [-0.15, -0.1) is 0 Å². The molecule has 0 saturated heterocycles. The van der Waals surface area contributed by atoms with E-state index in [-0.39, 0.29) is 11.9 Å². The van der Waals surface area contributed by atoms with Gasteiger partial charge in [-0.3, -0.25) is 4.79 Å². The largest absolute Gasteiger partial charge is 0.355 e. The molecule has 1 aliphatic carbocycles. The zero-order chi connectivity index (χ0) is 12.9. The summed E-state index contributed by atoms with van der Waals surface area (Å²) >= 11 is 0. The number of carbonyl (C=O) groups excluding carboxylic acids is 1. The minimum Gasteiger partial charge on any atom is -0.355 e. The molecule has 1 fully saturated rings. The zero-order valence-corrected chi connectivity index (χ0v) is 11.8. The number of carbonyl (C=O) groups is 1. The Labute approximate surface area is 106 Å². The van der Waals surface area contributed by atoms with Gasteiger partial charge in [-0.1, -0.05) is 27.2 Å². The van der Waals surface area contributed by atoms with Gasteiger partial charge in [-0.25, -0.2) is 0 Å². The number of unbranched alkanes of at least 4 members (excludes halogenated alkanes) is 1. The Balaban J connectivity index is 2.24. The van der Waals surface area contributed by atoms with Gasteiger partial charge in [0.25, 0.3) is 0 Å². The van der Waals surface area contributed by atoms with Crippen molar-refractivity contribution in [1.29, 1.82) is 0 Å². The Hall–Kier alpha value is -0.570. The second-order valence-electron chi connectivity index (χ2n) is 6.14. The van der Waals surface area contributed by atoms with Crippen molar-refractivity contribution < 1.29 is 4.79 Å². The normalized spacial score (nSPS) is 24.6. The number of rotatable bonds is 6. The van der Waals surface area contributed by atoms with Crippen LogP contribution in [0.3, 0.4) is 0 Å². The SMILES string of the molecule is CCCCNC(=O)C(C)NC1CCC(C)(C)C1. The van der Waals surface area contributed by atoms with E-state index < -0.39 is 0 Å². The molecule has 1 aliphatic rings. The summed E-state index contributed by atoms with van der Waals surface area (Å²) in [5.41, 5.74) is 0.441. The van der Waals surface area contributed by atoms with E-state index in [1.807, 2.05) is 6.92 Å². The fraction of sp³-hybridized carbons (Fsp3) is 0.929. The second-order valence-corrected chi connectivity index (χ2v) is 6.14. The van der Waals surface area contributed by atoms with Crippen LogP contribution in [0, 0.1) is 5.41 Å². The van der Waals surface area contributed by atoms with Crippen LogP contribution in [0.15, 0.2) is 0 Å². The third-order valence-corrected chi connectivity index (χ3v) is 3.68. The molecule has 0 spiro atoms. The zero-order valence-electron chi connectivity index (χ0n) is 11.8. The van der Waals surface area contributed by atoms with Crippen molar-refractivity contribution in [2.75, 3.05) is 6.54 Å². The van der Waals surface area contributed by atoms with E-state index in [4.69, 9.17) is 0 Å². The van der Waals surface area contributed by atoms with E-state index in [1.165, 1.54) is 19.3 Å². The standard InChI is InChI=1S/C14H28N2O/c1-5-6-9-15-13(17)11(2)16-12-7-8-14(3,4)10-12/h11-12,16H,5-10H2,1-4H3,(H,15,17). The highest BCUT2D eigenvalue weighted by Crippen LogP contribution is 2.36. The van der Waals surface area contributed by atoms with Crippen LogP contribution >= 0.6 is 0 Å². The highest BCUT2D eigenvalue weighted by molar-refractivity contribution is 5.81. The van der Waals surface area contributed by atoms with Gasteiger partial charge >= 0.3 is 0 Å². The molecule has 2 N–H and O–H groups in total. The molecule has 17 heavy (non-hydrogen) atoms. The average Bonchev–Trinajstić information content (AvgIpc) is 2.58. The molecule has 0 aromatic rings. The van der Waals surface area contributed by atoms with E-state index in [9.17, 15) is 4.79 Å². The summed E-state index contributed by atoms with van der Waals surface area (Å²) in [6.45, 7) is 9.51. The van der Waals surface area contributed by atoms with Crippen molar-refractivity contribution in [3.63, 3.8) is 0 Å². The molecular formula is C14H28N2O. The maximum absolute atomic E-state index is 11.8. The highest BCUT2D eigenvalue weighted by atomic mass is 16.2. The first kappa shape index (κ1) is 14.5. The lowest BCUT2D eigenvalue weighted by molar-refractivity contribution is -0.122. The van der Waals surface area contributed by atoms with Crippen LogP contribution in [0.4, 0.5) is 0 Å². The van der Waals surface area contributed by atoms with Gasteiger partial charge in [0.05, 0.1) is 6.04 Å². The summed E-state index contributed by atoms with van der Waals surface area (Å²) in [5.74, 6) is 0.142. The first-order chi connectivity index (χ1) is 7.94.